The molecule has 1 heterocycles. The van der Waals surface area contributed by atoms with Gasteiger partial charge in [0.15, 0.2) is 5.96 Å². The fraction of sp³-hybridized carbons (Fsp3) is 0.368. The van der Waals surface area contributed by atoms with E-state index in [-0.39, 0.29) is 24.0 Å². The smallest absolute Gasteiger partial charge is 0.411 e. The number of nitrogens with zero attached hydrogens (tertiary/aromatic N) is 1. The normalized spacial score (nSPS) is 10.7. The first-order chi connectivity index (χ1) is 12.6. The van der Waals surface area contributed by atoms with E-state index >= 15 is 0 Å². The Hall–Kier alpha value is -1.81. The molecule has 0 spiro atoms. The predicted molar refractivity (Wildman–Crippen MR) is 123 cm³/mol. The highest BCUT2D eigenvalue weighted by Gasteiger charge is 2.03. The van der Waals surface area contributed by atoms with Crippen molar-refractivity contribution in [2.24, 2.45) is 4.99 Å². The van der Waals surface area contributed by atoms with Gasteiger partial charge in [-0.2, -0.15) is 0 Å². The Morgan fingerprint density at radius 1 is 1.07 bits per heavy atom. The molecule has 2 aromatic rings. The molecule has 0 atom stereocenters. The number of methoxy groups -OCH3 is 1. The Labute approximate surface area is 181 Å². The number of rotatable bonds is 7. The summed E-state index contributed by atoms with van der Waals surface area (Å²) in [5.41, 5.74) is 1.75. The molecule has 2 rings (SSSR count). The van der Waals surface area contributed by atoms with Crippen molar-refractivity contribution in [1.82, 2.24) is 10.6 Å². The van der Waals surface area contributed by atoms with E-state index in [1.54, 1.807) is 0 Å². The number of carbonyl (C=O) groups excluding carboxylic acids is 1. The molecule has 0 bridgehead atoms. The summed E-state index contributed by atoms with van der Waals surface area (Å²) in [5.74, 6) is 0.788. The van der Waals surface area contributed by atoms with Crippen molar-refractivity contribution in [3.05, 3.63) is 51.7 Å². The van der Waals surface area contributed by atoms with E-state index in [0.29, 0.717) is 12.2 Å². The average Bonchev–Trinajstić information content (AvgIpc) is 3.13. The molecule has 0 radical (unpaired) electrons. The van der Waals surface area contributed by atoms with E-state index in [9.17, 15) is 4.79 Å². The third kappa shape index (κ3) is 8.17. The molecule has 0 aliphatic heterocycles. The molecule has 148 valence electrons. The highest BCUT2D eigenvalue weighted by atomic mass is 127. The van der Waals surface area contributed by atoms with Crippen LogP contribution in [0.3, 0.4) is 0 Å². The Bertz CT molecular complexity index is 732. The van der Waals surface area contributed by atoms with Crippen LogP contribution in [0.15, 0.2) is 41.4 Å². The maximum absolute atomic E-state index is 11.2. The van der Waals surface area contributed by atoms with Crippen LogP contribution in [-0.4, -0.2) is 25.7 Å². The molecule has 1 amide bonds. The third-order valence-corrected chi connectivity index (χ3v) is 4.88. The lowest BCUT2D eigenvalue weighted by Crippen LogP contribution is -2.36. The van der Waals surface area contributed by atoms with Crippen LogP contribution in [0.1, 0.15) is 29.2 Å². The van der Waals surface area contributed by atoms with E-state index in [2.05, 4.69) is 44.7 Å². The van der Waals surface area contributed by atoms with Crippen LogP contribution in [0.5, 0.6) is 0 Å². The molecule has 0 saturated carbocycles. The highest BCUT2D eigenvalue weighted by Crippen LogP contribution is 2.16. The zero-order chi connectivity index (χ0) is 18.8. The van der Waals surface area contributed by atoms with Crippen molar-refractivity contribution < 1.29 is 9.53 Å². The van der Waals surface area contributed by atoms with Crippen LogP contribution < -0.4 is 16.0 Å². The molecule has 3 N–H and O–H groups in total. The van der Waals surface area contributed by atoms with Crippen molar-refractivity contribution in [2.75, 3.05) is 19.0 Å². The monoisotopic (exact) mass is 502 g/mol. The Morgan fingerprint density at radius 2 is 1.78 bits per heavy atom. The first-order valence-corrected chi connectivity index (χ1v) is 9.50. The molecule has 1 aromatic heterocycles. The Balaban J connectivity index is 0.00000364. The second kappa shape index (κ2) is 12.6. The number of nitrogens with one attached hydrogen (secondary N) is 3. The maximum atomic E-state index is 11.2. The summed E-state index contributed by atoms with van der Waals surface area (Å²) in [6.07, 6.45) is 0.592. The van der Waals surface area contributed by atoms with Gasteiger partial charge in [0.25, 0.3) is 0 Å². The van der Waals surface area contributed by atoms with E-state index in [1.165, 1.54) is 16.9 Å². The number of benzene rings is 1. The minimum atomic E-state index is -0.478. The van der Waals surface area contributed by atoms with Gasteiger partial charge in [0.05, 0.1) is 20.2 Å². The number of aliphatic imine (C=N–C) groups is 1. The van der Waals surface area contributed by atoms with Crippen LogP contribution >= 0.6 is 35.3 Å². The number of carbonyl (C=O) groups is 1. The summed E-state index contributed by atoms with van der Waals surface area (Å²) in [5, 5.41) is 9.25. The highest BCUT2D eigenvalue weighted by molar-refractivity contribution is 14.0. The number of amides is 1. The summed E-state index contributed by atoms with van der Waals surface area (Å²) in [6, 6.07) is 11.9. The Kier molecular flexibility index (Phi) is 10.8. The van der Waals surface area contributed by atoms with E-state index in [4.69, 9.17) is 0 Å². The van der Waals surface area contributed by atoms with Gasteiger partial charge in [-0.1, -0.05) is 19.1 Å². The SMILES string of the molecule is CCNC(=NCc1ccc(NC(=O)OC)cc1)NCc1ccc(CC)s1.I. The molecule has 0 aliphatic rings. The largest absolute Gasteiger partial charge is 0.453 e. The van der Waals surface area contributed by atoms with Gasteiger partial charge in [-0.3, -0.25) is 5.32 Å². The van der Waals surface area contributed by atoms with Crippen molar-refractivity contribution in [2.45, 2.75) is 33.4 Å². The number of aryl methyl sites for hydroxylation is 1. The molecule has 0 unspecified atom stereocenters. The van der Waals surface area contributed by atoms with Crippen LogP contribution in [0, 0.1) is 0 Å². The molecule has 0 saturated heterocycles. The fourth-order valence-electron chi connectivity index (χ4n) is 2.25. The number of halogens is 1. The predicted octanol–water partition coefficient (Wildman–Crippen LogP) is 4.36. The summed E-state index contributed by atoms with van der Waals surface area (Å²) in [7, 11) is 1.34. The fourth-order valence-corrected chi connectivity index (χ4v) is 3.15. The zero-order valence-corrected chi connectivity index (χ0v) is 19.0. The number of hydrogen-bond acceptors (Lipinski definition) is 4. The molecule has 0 aliphatic carbocycles. The molecule has 8 heteroatoms. The molecule has 1 aromatic carbocycles. The minimum absolute atomic E-state index is 0. The lowest BCUT2D eigenvalue weighted by molar-refractivity contribution is 0.187. The van der Waals surface area contributed by atoms with Gasteiger partial charge < -0.3 is 15.4 Å². The third-order valence-electron chi connectivity index (χ3n) is 3.65. The van der Waals surface area contributed by atoms with Gasteiger partial charge in [-0.15, -0.1) is 35.3 Å². The van der Waals surface area contributed by atoms with Crippen molar-refractivity contribution in [3.63, 3.8) is 0 Å². The molecule has 6 nitrogen and oxygen atoms in total. The first-order valence-electron chi connectivity index (χ1n) is 8.68. The van der Waals surface area contributed by atoms with Crippen molar-refractivity contribution in [3.8, 4) is 0 Å². The van der Waals surface area contributed by atoms with Gasteiger partial charge in [-0.05, 0) is 43.2 Å². The maximum Gasteiger partial charge on any atom is 0.411 e. The number of hydrogen-bond donors (Lipinski definition) is 3. The van der Waals surface area contributed by atoms with Crippen molar-refractivity contribution >= 4 is 53.1 Å². The average molecular weight is 502 g/mol. The van der Waals surface area contributed by atoms with Crippen molar-refractivity contribution in [1.29, 1.82) is 0 Å². The second-order valence-electron chi connectivity index (χ2n) is 5.58. The molecular formula is C19H27IN4O2S. The molecule has 27 heavy (non-hydrogen) atoms. The van der Waals surface area contributed by atoms with Gasteiger partial charge >= 0.3 is 6.09 Å². The number of ether oxygens (including phenoxy) is 1. The standard InChI is InChI=1S/C19H26N4O2S.HI/c1-4-16-10-11-17(26-16)13-22-18(20-5-2)21-12-14-6-8-15(9-7-14)23-19(24)25-3;/h6-11H,4-5,12-13H2,1-3H3,(H,23,24)(H2,20,21,22);1H. The first kappa shape index (κ1) is 23.2. The van der Waals surface area contributed by atoms with Gasteiger partial charge in [-0.25, -0.2) is 9.79 Å². The summed E-state index contributed by atoms with van der Waals surface area (Å²) in [6.45, 7) is 6.33. The summed E-state index contributed by atoms with van der Waals surface area (Å²) < 4.78 is 4.57. The second-order valence-corrected chi connectivity index (χ2v) is 6.84. The molecule has 0 fully saturated rings. The number of guanidine groups is 1. The van der Waals surface area contributed by atoms with Gasteiger partial charge in [0, 0.05) is 22.0 Å². The zero-order valence-electron chi connectivity index (χ0n) is 15.9. The van der Waals surface area contributed by atoms with Crippen LogP contribution in [0.25, 0.3) is 0 Å². The lowest BCUT2D eigenvalue weighted by atomic mass is 10.2. The Morgan fingerprint density at radius 3 is 2.37 bits per heavy atom. The van der Waals surface area contributed by atoms with Crippen LogP contribution in [0.2, 0.25) is 0 Å². The summed E-state index contributed by atoms with van der Waals surface area (Å²) in [4.78, 5) is 18.5. The topological polar surface area (TPSA) is 74.8 Å². The number of anilines is 1. The quantitative estimate of drug-likeness (QED) is 0.299. The summed E-state index contributed by atoms with van der Waals surface area (Å²) >= 11 is 1.83. The van der Waals surface area contributed by atoms with Crippen LogP contribution in [-0.2, 0) is 24.2 Å². The number of thiophene rings is 1. The molecular weight excluding hydrogens is 475 g/mol. The van der Waals surface area contributed by atoms with Crippen LogP contribution in [0.4, 0.5) is 10.5 Å². The van der Waals surface area contributed by atoms with Gasteiger partial charge in [0.1, 0.15) is 0 Å². The van der Waals surface area contributed by atoms with E-state index in [0.717, 1.165) is 31.0 Å². The minimum Gasteiger partial charge on any atom is -0.453 e. The van der Waals surface area contributed by atoms with E-state index < -0.39 is 6.09 Å². The van der Waals surface area contributed by atoms with E-state index in [1.807, 2.05) is 42.5 Å². The van der Waals surface area contributed by atoms with Gasteiger partial charge in [0.2, 0.25) is 0 Å². The lowest BCUT2D eigenvalue weighted by Gasteiger charge is -2.10.